The Kier molecular flexibility index (Phi) is 4.01. The van der Waals surface area contributed by atoms with Crippen molar-refractivity contribution in [3.63, 3.8) is 0 Å². The molecule has 0 aliphatic carbocycles. The van der Waals surface area contributed by atoms with Gasteiger partial charge in [-0.05, 0) is 24.3 Å². The first kappa shape index (κ1) is 14.7. The molecule has 0 aliphatic rings. The zero-order chi connectivity index (χ0) is 16.2. The highest BCUT2D eigenvalue weighted by Crippen LogP contribution is 2.32. The van der Waals surface area contributed by atoms with Gasteiger partial charge in [0.25, 0.3) is 0 Å². The molecule has 3 N–H and O–H groups in total. The van der Waals surface area contributed by atoms with Crippen LogP contribution in [0.2, 0.25) is 0 Å². The minimum Gasteiger partial charge on any atom is -0.497 e. The van der Waals surface area contributed by atoms with Gasteiger partial charge in [0.05, 0.1) is 18.5 Å². The Hall–Kier alpha value is -3.21. The maximum Gasteiger partial charge on any atom is 0.119 e. The summed E-state index contributed by atoms with van der Waals surface area (Å²) in [5.41, 5.74) is 10.4. The molecular formula is C18H16N4O. The Bertz CT molecular complexity index is 861. The molecule has 0 saturated carbocycles. The van der Waals surface area contributed by atoms with E-state index in [2.05, 4.69) is 9.97 Å². The highest BCUT2D eigenvalue weighted by atomic mass is 16.5. The van der Waals surface area contributed by atoms with Crippen LogP contribution in [0, 0.1) is 5.41 Å². The Morgan fingerprint density at radius 3 is 2.70 bits per heavy atom. The van der Waals surface area contributed by atoms with Crippen LogP contribution in [0.3, 0.4) is 0 Å². The summed E-state index contributed by atoms with van der Waals surface area (Å²) in [6.45, 7) is 0. The van der Waals surface area contributed by atoms with E-state index < -0.39 is 0 Å². The van der Waals surface area contributed by atoms with Crippen LogP contribution in [-0.2, 0) is 0 Å². The average molecular weight is 304 g/mol. The summed E-state index contributed by atoms with van der Waals surface area (Å²) in [6.07, 6.45) is 4.60. The number of rotatable bonds is 4. The van der Waals surface area contributed by atoms with Gasteiger partial charge in [-0.15, -0.1) is 0 Å². The minimum atomic E-state index is 0.459. The number of nitrogens with two attached hydrogens (primary N) is 1. The molecule has 5 heteroatoms. The third-order valence-electron chi connectivity index (χ3n) is 3.55. The predicted octanol–water partition coefficient (Wildman–Crippen LogP) is 3.40. The lowest BCUT2D eigenvalue weighted by Gasteiger charge is -2.11. The van der Waals surface area contributed by atoms with E-state index in [1.807, 2.05) is 42.5 Å². The number of ether oxygens (including phenoxy) is 1. The summed E-state index contributed by atoms with van der Waals surface area (Å²) in [5, 5.41) is 7.29. The highest BCUT2D eigenvalue weighted by molar-refractivity contribution is 5.86. The Balaban J connectivity index is 2.14. The molecule has 0 aliphatic heterocycles. The second kappa shape index (κ2) is 6.27. The van der Waals surface area contributed by atoms with Gasteiger partial charge in [0.2, 0.25) is 0 Å². The number of nitrogens with one attached hydrogen (secondary N) is 1. The van der Waals surface area contributed by atoms with Crippen molar-refractivity contribution in [1.82, 2.24) is 9.97 Å². The van der Waals surface area contributed by atoms with Gasteiger partial charge in [-0.1, -0.05) is 18.2 Å². The number of hydrogen-bond acceptors (Lipinski definition) is 5. The van der Waals surface area contributed by atoms with E-state index in [9.17, 15) is 0 Å². The SMILES string of the molecule is COc1cccc(-c2ncccc2-c2cnc(C=N)c(N)c2)c1. The summed E-state index contributed by atoms with van der Waals surface area (Å²) < 4.78 is 5.29. The molecule has 0 amide bonds. The number of benzene rings is 1. The minimum absolute atomic E-state index is 0.459. The average Bonchev–Trinajstić information content (AvgIpc) is 2.61. The Labute approximate surface area is 134 Å². The van der Waals surface area contributed by atoms with Crippen LogP contribution < -0.4 is 10.5 Å². The lowest BCUT2D eigenvalue weighted by molar-refractivity contribution is 0.415. The van der Waals surface area contributed by atoms with Gasteiger partial charge in [0.15, 0.2) is 0 Å². The molecule has 0 bridgehead atoms. The molecule has 0 spiro atoms. The van der Waals surface area contributed by atoms with Gasteiger partial charge in [-0.25, -0.2) is 0 Å². The lowest BCUT2D eigenvalue weighted by Crippen LogP contribution is -1.98. The van der Waals surface area contributed by atoms with E-state index in [1.54, 1.807) is 19.5 Å². The lowest BCUT2D eigenvalue weighted by atomic mass is 10.00. The van der Waals surface area contributed by atoms with Crippen LogP contribution in [0.5, 0.6) is 5.75 Å². The van der Waals surface area contributed by atoms with E-state index >= 15 is 0 Å². The zero-order valence-corrected chi connectivity index (χ0v) is 12.7. The number of pyridine rings is 2. The molecule has 0 fully saturated rings. The van der Waals surface area contributed by atoms with E-state index in [-0.39, 0.29) is 0 Å². The number of nitrogen functional groups attached to an aromatic ring is 1. The Morgan fingerprint density at radius 1 is 1.09 bits per heavy atom. The van der Waals surface area contributed by atoms with Crippen molar-refractivity contribution < 1.29 is 4.74 Å². The van der Waals surface area contributed by atoms with Gasteiger partial charge in [0.1, 0.15) is 11.4 Å². The van der Waals surface area contributed by atoms with Crippen LogP contribution in [-0.4, -0.2) is 23.3 Å². The van der Waals surface area contributed by atoms with Crippen molar-refractivity contribution in [2.75, 3.05) is 12.8 Å². The molecule has 1 aromatic carbocycles. The quantitative estimate of drug-likeness (QED) is 0.723. The predicted molar refractivity (Wildman–Crippen MR) is 91.8 cm³/mol. The first-order valence-electron chi connectivity index (χ1n) is 7.08. The summed E-state index contributed by atoms with van der Waals surface area (Å²) in [5.74, 6) is 0.774. The molecule has 3 aromatic rings. The normalized spacial score (nSPS) is 10.3. The number of anilines is 1. The maximum atomic E-state index is 7.29. The maximum absolute atomic E-state index is 7.29. The summed E-state index contributed by atoms with van der Waals surface area (Å²) in [7, 11) is 1.64. The third kappa shape index (κ3) is 2.89. The largest absolute Gasteiger partial charge is 0.497 e. The molecule has 0 saturated heterocycles. The second-order valence-electron chi connectivity index (χ2n) is 4.97. The fourth-order valence-electron chi connectivity index (χ4n) is 2.40. The van der Waals surface area contributed by atoms with Crippen LogP contribution >= 0.6 is 0 Å². The topological polar surface area (TPSA) is 84.9 Å². The molecule has 5 nitrogen and oxygen atoms in total. The van der Waals surface area contributed by atoms with Crippen molar-refractivity contribution in [3.05, 3.63) is 60.6 Å². The van der Waals surface area contributed by atoms with Crippen molar-refractivity contribution >= 4 is 11.9 Å². The first-order valence-corrected chi connectivity index (χ1v) is 7.08. The van der Waals surface area contributed by atoms with E-state index in [0.717, 1.165) is 34.3 Å². The smallest absolute Gasteiger partial charge is 0.119 e. The zero-order valence-electron chi connectivity index (χ0n) is 12.7. The highest BCUT2D eigenvalue weighted by Gasteiger charge is 2.11. The van der Waals surface area contributed by atoms with Gasteiger partial charge in [0, 0.05) is 35.3 Å². The van der Waals surface area contributed by atoms with Crippen LogP contribution in [0.25, 0.3) is 22.4 Å². The molecule has 3 rings (SSSR count). The van der Waals surface area contributed by atoms with Gasteiger partial charge < -0.3 is 15.9 Å². The number of methoxy groups -OCH3 is 1. The first-order chi connectivity index (χ1) is 11.2. The fourth-order valence-corrected chi connectivity index (χ4v) is 2.40. The Morgan fingerprint density at radius 2 is 1.96 bits per heavy atom. The van der Waals surface area contributed by atoms with E-state index in [0.29, 0.717) is 11.4 Å². The van der Waals surface area contributed by atoms with Gasteiger partial charge in [-0.2, -0.15) is 0 Å². The molecule has 2 aromatic heterocycles. The van der Waals surface area contributed by atoms with Crippen LogP contribution in [0.4, 0.5) is 5.69 Å². The van der Waals surface area contributed by atoms with Gasteiger partial charge in [-0.3, -0.25) is 9.97 Å². The molecule has 23 heavy (non-hydrogen) atoms. The summed E-state index contributed by atoms with van der Waals surface area (Å²) in [4.78, 5) is 8.73. The van der Waals surface area contributed by atoms with Crippen molar-refractivity contribution in [2.24, 2.45) is 0 Å². The molecular weight excluding hydrogens is 288 g/mol. The van der Waals surface area contributed by atoms with Gasteiger partial charge >= 0.3 is 0 Å². The molecule has 0 radical (unpaired) electrons. The standard InChI is InChI=1S/C18H16N4O/c1-23-14-5-2-4-12(8-14)18-15(6-3-7-21-18)13-9-16(20)17(10-19)22-11-13/h2-11,19H,20H2,1H3. The van der Waals surface area contributed by atoms with Crippen molar-refractivity contribution in [2.45, 2.75) is 0 Å². The second-order valence-corrected chi connectivity index (χ2v) is 4.97. The fraction of sp³-hybridized carbons (Fsp3) is 0.0556. The van der Waals surface area contributed by atoms with Crippen molar-refractivity contribution in [3.8, 4) is 28.1 Å². The number of nitrogens with zero attached hydrogens (tertiary/aromatic N) is 2. The summed E-state index contributed by atoms with van der Waals surface area (Å²) in [6, 6.07) is 13.4. The number of aromatic nitrogens is 2. The summed E-state index contributed by atoms with van der Waals surface area (Å²) >= 11 is 0. The monoisotopic (exact) mass is 304 g/mol. The van der Waals surface area contributed by atoms with E-state index in [1.165, 1.54) is 0 Å². The van der Waals surface area contributed by atoms with Crippen LogP contribution in [0.1, 0.15) is 5.69 Å². The molecule has 0 unspecified atom stereocenters. The number of hydrogen-bond donors (Lipinski definition) is 2. The molecule has 114 valence electrons. The van der Waals surface area contributed by atoms with E-state index in [4.69, 9.17) is 15.9 Å². The van der Waals surface area contributed by atoms with Crippen LogP contribution in [0.15, 0.2) is 54.9 Å². The third-order valence-corrected chi connectivity index (χ3v) is 3.55. The van der Waals surface area contributed by atoms with Crippen molar-refractivity contribution in [1.29, 1.82) is 5.41 Å². The molecule has 2 heterocycles. The molecule has 0 atom stereocenters.